The molecule has 9 heteroatoms. The van der Waals surface area contributed by atoms with Crippen molar-refractivity contribution in [1.29, 1.82) is 0 Å². The summed E-state index contributed by atoms with van der Waals surface area (Å²) < 4.78 is 1.88. The number of nitrogens with one attached hydrogen (secondary N) is 1. The Labute approximate surface area is 147 Å². The highest BCUT2D eigenvalue weighted by atomic mass is 32.2. The van der Waals surface area contributed by atoms with Crippen molar-refractivity contribution >= 4 is 23.6 Å². The van der Waals surface area contributed by atoms with Crippen molar-refractivity contribution in [3.63, 3.8) is 0 Å². The molecule has 134 valence electrons. The van der Waals surface area contributed by atoms with Crippen LogP contribution in [0.3, 0.4) is 0 Å². The van der Waals surface area contributed by atoms with Gasteiger partial charge in [-0.25, -0.2) is 0 Å². The van der Waals surface area contributed by atoms with Gasteiger partial charge in [-0.3, -0.25) is 14.5 Å². The molecular weight excluding hydrogens is 328 g/mol. The molecule has 1 aliphatic rings. The minimum absolute atomic E-state index is 0.0398. The van der Waals surface area contributed by atoms with Crippen LogP contribution in [0.4, 0.5) is 0 Å². The minimum atomic E-state index is 0.0398. The van der Waals surface area contributed by atoms with Crippen LogP contribution in [0.1, 0.15) is 19.7 Å². The molecule has 0 atom stereocenters. The van der Waals surface area contributed by atoms with Gasteiger partial charge in [0, 0.05) is 39.3 Å². The summed E-state index contributed by atoms with van der Waals surface area (Å²) in [6.07, 6.45) is 0. The summed E-state index contributed by atoms with van der Waals surface area (Å²) in [6.45, 7) is 8.95. The molecule has 2 amide bonds. The number of aryl methyl sites for hydroxylation is 1. The second-order valence-corrected chi connectivity index (χ2v) is 7.20. The molecular formula is C15H26N6O2S. The number of carbonyl (C=O) groups is 2. The first-order valence-electron chi connectivity index (χ1n) is 8.15. The van der Waals surface area contributed by atoms with Crippen LogP contribution < -0.4 is 5.32 Å². The summed E-state index contributed by atoms with van der Waals surface area (Å²) in [5.74, 6) is 1.34. The lowest BCUT2D eigenvalue weighted by atomic mass is 10.3. The molecule has 1 saturated heterocycles. The molecule has 1 aromatic rings. The summed E-state index contributed by atoms with van der Waals surface area (Å²) in [5, 5.41) is 11.7. The minimum Gasteiger partial charge on any atom is -0.353 e. The third-order valence-corrected chi connectivity index (χ3v) is 4.92. The first kappa shape index (κ1) is 18.7. The summed E-state index contributed by atoms with van der Waals surface area (Å²) in [5.41, 5.74) is 0. The number of piperazine rings is 1. The molecule has 0 bridgehead atoms. The zero-order chi connectivity index (χ0) is 17.7. The van der Waals surface area contributed by atoms with Crippen molar-refractivity contribution in [2.24, 2.45) is 7.05 Å². The van der Waals surface area contributed by atoms with Crippen molar-refractivity contribution in [2.75, 3.05) is 38.5 Å². The highest BCUT2D eigenvalue weighted by molar-refractivity contribution is 7.99. The molecule has 2 rings (SSSR count). The fourth-order valence-corrected chi connectivity index (χ4v) is 3.32. The lowest BCUT2D eigenvalue weighted by Crippen LogP contribution is -2.52. The van der Waals surface area contributed by atoms with Crippen molar-refractivity contribution in [1.82, 2.24) is 29.9 Å². The van der Waals surface area contributed by atoms with E-state index in [0.29, 0.717) is 25.4 Å². The Morgan fingerprint density at radius 3 is 2.42 bits per heavy atom. The molecule has 1 aliphatic heterocycles. The third kappa shape index (κ3) is 5.20. The SMILES string of the molecule is Cc1nnc(SCC(=O)N2CCN(CC(=O)NC(C)C)CC2)n1C. The zero-order valence-corrected chi connectivity index (χ0v) is 15.6. The van der Waals surface area contributed by atoms with Crippen molar-refractivity contribution < 1.29 is 9.59 Å². The van der Waals surface area contributed by atoms with Crippen LogP contribution in [-0.2, 0) is 16.6 Å². The molecule has 0 aromatic carbocycles. The average molecular weight is 354 g/mol. The van der Waals surface area contributed by atoms with Crippen molar-refractivity contribution in [2.45, 2.75) is 32.0 Å². The standard InChI is InChI=1S/C15H26N6O2S/c1-11(2)16-13(22)9-20-5-7-21(8-6-20)14(23)10-24-15-18-17-12(3)19(15)4/h11H,5-10H2,1-4H3,(H,16,22). The van der Waals surface area contributed by atoms with Gasteiger partial charge >= 0.3 is 0 Å². The Morgan fingerprint density at radius 2 is 1.88 bits per heavy atom. The fraction of sp³-hybridized carbons (Fsp3) is 0.733. The van der Waals surface area contributed by atoms with Crippen LogP contribution >= 0.6 is 11.8 Å². The van der Waals surface area contributed by atoms with E-state index >= 15 is 0 Å². The van der Waals surface area contributed by atoms with Gasteiger partial charge in [-0.15, -0.1) is 10.2 Å². The van der Waals surface area contributed by atoms with Gasteiger partial charge in [-0.05, 0) is 20.8 Å². The Balaban J connectivity index is 1.72. The van der Waals surface area contributed by atoms with Crippen LogP contribution in [0.5, 0.6) is 0 Å². The van der Waals surface area contributed by atoms with E-state index < -0.39 is 0 Å². The Kier molecular flexibility index (Phi) is 6.61. The Hall–Kier alpha value is -1.61. The summed E-state index contributed by atoms with van der Waals surface area (Å²) in [6, 6.07) is 0.154. The lowest BCUT2D eigenvalue weighted by Gasteiger charge is -2.34. The number of hydrogen-bond acceptors (Lipinski definition) is 6. The van der Waals surface area contributed by atoms with Gasteiger partial charge < -0.3 is 14.8 Å². The van der Waals surface area contributed by atoms with E-state index in [0.717, 1.165) is 24.1 Å². The first-order valence-corrected chi connectivity index (χ1v) is 9.13. The maximum Gasteiger partial charge on any atom is 0.234 e. The highest BCUT2D eigenvalue weighted by Crippen LogP contribution is 2.16. The normalized spacial score (nSPS) is 15.8. The predicted molar refractivity (Wildman–Crippen MR) is 92.8 cm³/mol. The van der Waals surface area contributed by atoms with E-state index in [-0.39, 0.29) is 17.9 Å². The van der Waals surface area contributed by atoms with Crippen LogP contribution in [0, 0.1) is 6.92 Å². The molecule has 24 heavy (non-hydrogen) atoms. The van der Waals surface area contributed by atoms with E-state index in [1.165, 1.54) is 11.8 Å². The maximum atomic E-state index is 12.3. The number of thioether (sulfide) groups is 1. The van der Waals surface area contributed by atoms with Gasteiger partial charge in [-0.2, -0.15) is 0 Å². The topological polar surface area (TPSA) is 83.4 Å². The second-order valence-electron chi connectivity index (χ2n) is 6.26. The van der Waals surface area contributed by atoms with Crippen molar-refractivity contribution in [3.8, 4) is 0 Å². The van der Waals surface area contributed by atoms with Gasteiger partial charge in [0.25, 0.3) is 0 Å². The van der Waals surface area contributed by atoms with E-state index in [9.17, 15) is 9.59 Å². The smallest absolute Gasteiger partial charge is 0.234 e. The number of hydrogen-bond donors (Lipinski definition) is 1. The molecule has 1 aromatic heterocycles. The quantitative estimate of drug-likeness (QED) is 0.718. The van der Waals surface area contributed by atoms with Crippen LogP contribution in [0.2, 0.25) is 0 Å². The van der Waals surface area contributed by atoms with Crippen molar-refractivity contribution in [3.05, 3.63) is 5.82 Å². The largest absolute Gasteiger partial charge is 0.353 e. The average Bonchev–Trinajstić information content (AvgIpc) is 2.84. The number of amides is 2. The number of aromatic nitrogens is 3. The van der Waals surface area contributed by atoms with E-state index in [2.05, 4.69) is 20.4 Å². The third-order valence-electron chi connectivity index (χ3n) is 3.92. The fourth-order valence-electron chi connectivity index (χ4n) is 2.46. The van der Waals surface area contributed by atoms with E-state index in [1.807, 2.05) is 37.3 Å². The van der Waals surface area contributed by atoms with Gasteiger partial charge in [0.05, 0.1) is 12.3 Å². The second kappa shape index (κ2) is 8.48. The highest BCUT2D eigenvalue weighted by Gasteiger charge is 2.23. The summed E-state index contributed by atoms with van der Waals surface area (Å²) in [7, 11) is 1.89. The first-order chi connectivity index (χ1) is 11.4. The maximum absolute atomic E-state index is 12.3. The molecule has 0 unspecified atom stereocenters. The lowest BCUT2D eigenvalue weighted by molar-refractivity contribution is -0.130. The Morgan fingerprint density at radius 1 is 1.21 bits per heavy atom. The molecule has 1 fully saturated rings. The summed E-state index contributed by atoms with van der Waals surface area (Å²) >= 11 is 1.41. The number of carbonyl (C=O) groups excluding carboxylic acids is 2. The van der Waals surface area contributed by atoms with Gasteiger partial charge in [0.2, 0.25) is 11.8 Å². The predicted octanol–water partition coefficient (Wildman–Crippen LogP) is -0.116. The zero-order valence-electron chi connectivity index (χ0n) is 14.8. The van der Waals surface area contributed by atoms with E-state index in [1.54, 1.807) is 0 Å². The molecule has 0 spiro atoms. The molecule has 0 saturated carbocycles. The van der Waals surface area contributed by atoms with Gasteiger partial charge in [0.1, 0.15) is 5.82 Å². The molecule has 2 heterocycles. The molecule has 1 N–H and O–H groups in total. The van der Waals surface area contributed by atoms with Gasteiger partial charge in [0.15, 0.2) is 5.16 Å². The van der Waals surface area contributed by atoms with Crippen LogP contribution in [0.25, 0.3) is 0 Å². The van der Waals surface area contributed by atoms with Crippen LogP contribution in [0.15, 0.2) is 5.16 Å². The van der Waals surface area contributed by atoms with E-state index in [4.69, 9.17) is 0 Å². The van der Waals surface area contributed by atoms with Crippen LogP contribution in [-0.4, -0.2) is 80.9 Å². The molecule has 8 nitrogen and oxygen atoms in total. The number of nitrogens with zero attached hydrogens (tertiary/aromatic N) is 5. The number of rotatable bonds is 6. The molecule has 0 radical (unpaired) electrons. The summed E-state index contributed by atoms with van der Waals surface area (Å²) in [4.78, 5) is 28.0. The Bertz CT molecular complexity index is 581. The van der Waals surface area contributed by atoms with Gasteiger partial charge in [-0.1, -0.05) is 11.8 Å². The molecule has 0 aliphatic carbocycles. The monoisotopic (exact) mass is 354 g/mol.